The number of alkyl halides is 2. The van der Waals surface area contributed by atoms with Crippen molar-refractivity contribution in [2.24, 2.45) is 5.92 Å². The predicted molar refractivity (Wildman–Crippen MR) is 81.5 cm³/mol. The first kappa shape index (κ1) is 17.3. The fraction of sp³-hybridized carbons (Fsp3) is 0.467. The number of hydrogen-bond acceptors (Lipinski definition) is 4. The van der Waals surface area contributed by atoms with Gasteiger partial charge in [-0.3, -0.25) is 4.79 Å². The van der Waals surface area contributed by atoms with Crippen molar-refractivity contribution in [1.82, 2.24) is 5.32 Å². The van der Waals surface area contributed by atoms with E-state index in [1.807, 2.05) is 0 Å². The molecule has 23 heavy (non-hydrogen) atoms. The first-order valence-corrected chi connectivity index (χ1v) is 7.42. The molecule has 0 radical (unpaired) electrons. The molecule has 0 aromatic heterocycles. The molecule has 1 fully saturated rings. The number of hydrogen-bond donors (Lipinski definition) is 2. The Labute approximate surface area is 137 Å². The molecule has 0 bridgehead atoms. The highest BCUT2D eigenvalue weighted by Gasteiger charge is 2.42. The second-order valence-electron chi connectivity index (χ2n) is 5.51. The zero-order chi connectivity index (χ0) is 17.0. The smallest absolute Gasteiger partial charge is 0.387 e. The molecule has 1 amide bonds. The summed E-state index contributed by atoms with van der Waals surface area (Å²) in [5.74, 6) is -0.274. The van der Waals surface area contributed by atoms with E-state index in [2.05, 4.69) is 21.4 Å². The Morgan fingerprint density at radius 1 is 1.57 bits per heavy atom. The van der Waals surface area contributed by atoms with Crippen LogP contribution < -0.4 is 15.4 Å². The Morgan fingerprint density at radius 2 is 2.26 bits per heavy atom. The van der Waals surface area contributed by atoms with Crippen LogP contribution in [0.3, 0.4) is 0 Å². The first-order chi connectivity index (χ1) is 10.8. The third-order valence-electron chi connectivity index (χ3n) is 3.63. The Morgan fingerprint density at radius 3 is 2.78 bits per heavy atom. The minimum atomic E-state index is -2.96. The van der Waals surface area contributed by atoms with Gasteiger partial charge >= 0.3 is 6.61 Å². The molecule has 0 saturated heterocycles. The monoisotopic (exact) mass is 343 g/mol. The van der Waals surface area contributed by atoms with E-state index >= 15 is 0 Å². The van der Waals surface area contributed by atoms with Gasteiger partial charge in [0.2, 0.25) is 5.91 Å². The van der Waals surface area contributed by atoms with Gasteiger partial charge in [-0.25, -0.2) is 0 Å². The zero-order valence-corrected chi connectivity index (χ0v) is 13.2. The fourth-order valence-electron chi connectivity index (χ4n) is 2.20. The van der Waals surface area contributed by atoms with E-state index in [9.17, 15) is 18.8 Å². The minimum absolute atomic E-state index is 0.00977. The van der Waals surface area contributed by atoms with E-state index in [0.717, 1.165) is 12.8 Å². The molecule has 0 spiro atoms. The van der Waals surface area contributed by atoms with Crippen molar-refractivity contribution in [2.75, 3.05) is 11.9 Å². The summed E-state index contributed by atoms with van der Waals surface area (Å²) in [4.78, 5) is 11.9. The third kappa shape index (κ3) is 4.70. The van der Waals surface area contributed by atoms with Gasteiger partial charge < -0.3 is 15.4 Å². The number of halogens is 3. The molecular weight excluding hydrogens is 328 g/mol. The lowest BCUT2D eigenvalue weighted by Crippen LogP contribution is -2.48. The number of nitriles is 1. The number of rotatable bonds is 7. The van der Waals surface area contributed by atoms with Crippen molar-refractivity contribution in [3.63, 3.8) is 0 Å². The largest absolute Gasteiger partial charge is 0.433 e. The fourth-order valence-corrected chi connectivity index (χ4v) is 2.43. The van der Waals surface area contributed by atoms with Gasteiger partial charge in [-0.2, -0.15) is 14.0 Å². The lowest BCUT2D eigenvalue weighted by molar-refractivity contribution is -0.120. The molecule has 1 aromatic carbocycles. The summed E-state index contributed by atoms with van der Waals surface area (Å²) < 4.78 is 28.5. The van der Waals surface area contributed by atoms with Crippen LogP contribution in [-0.2, 0) is 4.79 Å². The number of anilines is 1. The maximum Gasteiger partial charge on any atom is 0.387 e. The van der Waals surface area contributed by atoms with Crippen molar-refractivity contribution >= 4 is 23.2 Å². The highest BCUT2D eigenvalue weighted by molar-refractivity contribution is 6.32. The summed E-state index contributed by atoms with van der Waals surface area (Å²) in [6.45, 7) is -1.31. The van der Waals surface area contributed by atoms with E-state index in [-0.39, 0.29) is 29.1 Å². The Kier molecular flexibility index (Phi) is 5.26. The normalized spacial score (nSPS) is 16.3. The van der Waals surface area contributed by atoms with Gasteiger partial charge in [-0.1, -0.05) is 11.6 Å². The highest BCUT2D eigenvalue weighted by atomic mass is 35.5. The van der Waals surface area contributed by atoms with Crippen LogP contribution in [0.1, 0.15) is 19.8 Å². The molecular formula is C15H16ClF2N3O2. The summed E-state index contributed by atoms with van der Waals surface area (Å²) in [6.07, 6.45) is 1.86. The van der Waals surface area contributed by atoms with Crippen LogP contribution >= 0.6 is 11.6 Å². The maximum atomic E-state index is 12.1. The second kappa shape index (κ2) is 7.01. The average molecular weight is 344 g/mol. The van der Waals surface area contributed by atoms with E-state index in [1.54, 1.807) is 6.92 Å². The van der Waals surface area contributed by atoms with E-state index in [1.165, 1.54) is 18.2 Å². The molecule has 1 atom stereocenters. The Bertz CT molecular complexity index is 632. The highest BCUT2D eigenvalue weighted by Crippen LogP contribution is 2.39. The molecule has 124 valence electrons. The maximum absolute atomic E-state index is 12.1. The number of benzene rings is 1. The summed E-state index contributed by atoms with van der Waals surface area (Å²) in [5, 5.41) is 14.7. The molecule has 2 rings (SSSR count). The number of amides is 1. The van der Waals surface area contributed by atoms with Crippen molar-refractivity contribution in [2.45, 2.75) is 31.9 Å². The lowest BCUT2D eigenvalue weighted by atomic mass is 9.98. The molecule has 0 unspecified atom stereocenters. The van der Waals surface area contributed by atoms with Crippen LogP contribution in [0.4, 0.5) is 14.5 Å². The Balaban J connectivity index is 1.89. The third-order valence-corrected chi connectivity index (χ3v) is 3.92. The van der Waals surface area contributed by atoms with Crippen LogP contribution in [0.5, 0.6) is 5.75 Å². The number of carbonyl (C=O) groups is 1. The number of carbonyl (C=O) groups excluding carboxylic acids is 1. The van der Waals surface area contributed by atoms with Gasteiger partial charge in [0, 0.05) is 5.69 Å². The van der Waals surface area contributed by atoms with E-state index in [0.29, 0.717) is 5.69 Å². The summed E-state index contributed by atoms with van der Waals surface area (Å²) in [7, 11) is 0. The molecule has 1 aliphatic rings. The molecule has 8 heteroatoms. The van der Waals surface area contributed by atoms with Crippen LogP contribution in [0.25, 0.3) is 0 Å². The molecule has 2 N–H and O–H groups in total. The Hall–Kier alpha value is -2.07. The molecule has 1 saturated carbocycles. The predicted octanol–water partition coefficient (Wildman–Crippen LogP) is 3.16. The van der Waals surface area contributed by atoms with Crippen molar-refractivity contribution in [1.29, 1.82) is 5.26 Å². The lowest BCUT2D eigenvalue weighted by Gasteiger charge is -2.23. The molecule has 1 aliphatic carbocycles. The van der Waals surface area contributed by atoms with Crippen molar-refractivity contribution in [3.05, 3.63) is 23.2 Å². The van der Waals surface area contributed by atoms with Crippen molar-refractivity contribution < 1.29 is 18.3 Å². The quantitative estimate of drug-likeness (QED) is 0.797. The van der Waals surface area contributed by atoms with Gasteiger partial charge in [0.15, 0.2) is 0 Å². The average Bonchev–Trinajstić information content (AvgIpc) is 3.32. The molecule has 0 aliphatic heterocycles. The number of nitrogens with zero attached hydrogens (tertiary/aromatic N) is 1. The SMILES string of the molecule is C[C@@](C#N)(NC(=O)CNc1ccc(OC(F)F)c(Cl)c1)C1CC1. The topological polar surface area (TPSA) is 74.2 Å². The summed E-state index contributed by atoms with van der Waals surface area (Å²) in [5.41, 5.74) is -0.373. The van der Waals surface area contributed by atoms with Gasteiger partial charge in [0.05, 0.1) is 17.6 Å². The first-order valence-electron chi connectivity index (χ1n) is 7.04. The molecule has 5 nitrogen and oxygen atoms in total. The van der Waals surface area contributed by atoms with Crippen LogP contribution in [0.15, 0.2) is 18.2 Å². The van der Waals surface area contributed by atoms with Gasteiger partial charge in [-0.15, -0.1) is 0 Å². The zero-order valence-electron chi connectivity index (χ0n) is 12.4. The number of ether oxygens (including phenoxy) is 1. The van der Waals surface area contributed by atoms with E-state index in [4.69, 9.17) is 11.6 Å². The molecule has 1 aromatic rings. The van der Waals surface area contributed by atoms with Crippen LogP contribution in [-0.4, -0.2) is 24.6 Å². The van der Waals surface area contributed by atoms with Crippen molar-refractivity contribution in [3.8, 4) is 11.8 Å². The van der Waals surface area contributed by atoms with Crippen LogP contribution in [0, 0.1) is 17.2 Å². The van der Waals surface area contributed by atoms with E-state index < -0.39 is 12.2 Å². The standard InChI is InChI=1S/C15H16ClF2N3O2/c1-15(8-19,9-2-3-9)21-13(22)7-20-10-4-5-12(11(16)6-10)23-14(17)18/h4-6,9,14,20H,2-3,7H2,1H3,(H,21,22)/t15-/m0/s1. The minimum Gasteiger partial charge on any atom is -0.433 e. The number of nitrogens with one attached hydrogen (secondary N) is 2. The van der Waals surface area contributed by atoms with Gasteiger partial charge in [-0.05, 0) is 43.9 Å². The van der Waals surface area contributed by atoms with Gasteiger partial charge in [0.1, 0.15) is 11.3 Å². The van der Waals surface area contributed by atoms with Gasteiger partial charge in [0.25, 0.3) is 0 Å². The van der Waals surface area contributed by atoms with Crippen LogP contribution in [0.2, 0.25) is 5.02 Å². The molecule has 0 heterocycles. The second-order valence-corrected chi connectivity index (χ2v) is 5.92. The summed E-state index contributed by atoms with van der Waals surface area (Å²) >= 11 is 5.83. The summed E-state index contributed by atoms with van der Waals surface area (Å²) in [6, 6.07) is 6.29.